The Morgan fingerprint density at radius 2 is 1.24 bits per heavy atom. The molecule has 2 aromatic carbocycles. The van der Waals surface area contributed by atoms with Crippen molar-refractivity contribution < 1.29 is 4.79 Å². The minimum Gasteiger partial charge on any atom is -0.211 e. The van der Waals surface area contributed by atoms with Gasteiger partial charge in [0, 0.05) is 0 Å². The SMILES string of the molecule is Cc1cc(C)cc(N=C=O)c1.c1ccccc1. The molecule has 0 N–H and O–H groups in total. The van der Waals surface area contributed by atoms with Crippen LogP contribution in [-0.2, 0) is 4.79 Å². The van der Waals surface area contributed by atoms with Crippen LogP contribution in [0.3, 0.4) is 0 Å². The smallest absolute Gasteiger partial charge is 0.211 e. The number of hydrogen-bond donors (Lipinski definition) is 0. The van der Waals surface area contributed by atoms with E-state index in [2.05, 4.69) is 4.99 Å². The molecular formula is C15H15NO. The van der Waals surface area contributed by atoms with Crippen molar-refractivity contribution in [3.8, 4) is 0 Å². The van der Waals surface area contributed by atoms with Crippen molar-refractivity contribution in [2.75, 3.05) is 0 Å². The van der Waals surface area contributed by atoms with E-state index in [1.807, 2.05) is 68.4 Å². The summed E-state index contributed by atoms with van der Waals surface area (Å²) >= 11 is 0. The van der Waals surface area contributed by atoms with Gasteiger partial charge >= 0.3 is 0 Å². The molecule has 2 aromatic rings. The van der Waals surface area contributed by atoms with Gasteiger partial charge in [0.2, 0.25) is 6.08 Å². The quantitative estimate of drug-likeness (QED) is 0.533. The Kier molecular flexibility index (Phi) is 5.42. The van der Waals surface area contributed by atoms with Crippen molar-refractivity contribution in [2.45, 2.75) is 13.8 Å². The number of aryl methyl sites for hydroxylation is 2. The van der Waals surface area contributed by atoms with E-state index in [4.69, 9.17) is 0 Å². The van der Waals surface area contributed by atoms with E-state index in [9.17, 15) is 4.79 Å². The summed E-state index contributed by atoms with van der Waals surface area (Å²) < 4.78 is 0. The predicted molar refractivity (Wildman–Crippen MR) is 70.1 cm³/mol. The molecule has 0 aliphatic carbocycles. The van der Waals surface area contributed by atoms with E-state index in [0.717, 1.165) is 11.1 Å². The lowest BCUT2D eigenvalue weighted by Crippen LogP contribution is -1.75. The molecule has 0 amide bonds. The lowest BCUT2D eigenvalue weighted by Gasteiger charge is -1.96. The van der Waals surface area contributed by atoms with Crippen molar-refractivity contribution in [3.05, 3.63) is 65.7 Å². The average molecular weight is 225 g/mol. The van der Waals surface area contributed by atoms with Gasteiger partial charge in [-0.25, -0.2) is 4.79 Å². The zero-order valence-corrected chi connectivity index (χ0v) is 10.1. The Morgan fingerprint density at radius 3 is 1.59 bits per heavy atom. The van der Waals surface area contributed by atoms with Crippen molar-refractivity contribution in [1.82, 2.24) is 0 Å². The van der Waals surface area contributed by atoms with Crippen LogP contribution in [0.5, 0.6) is 0 Å². The van der Waals surface area contributed by atoms with Crippen molar-refractivity contribution in [2.24, 2.45) is 4.99 Å². The molecule has 0 aromatic heterocycles. The zero-order valence-electron chi connectivity index (χ0n) is 10.1. The van der Waals surface area contributed by atoms with E-state index in [0.29, 0.717) is 5.69 Å². The average Bonchev–Trinajstić information content (AvgIpc) is 2.31. The van der Waals surface area contributed by atoms with Crippen molar-refractivity contribution in [3.63, 3.8) is 0 Å². The van der Waals surface area contributed by atoms with E-state index in [1.165, 1.54) is 6.08 Å². The highest BCUT2D eigenvalue weighted by molar-refractivity contribution is 5.51. The summed E-state index contributed by atoms with van der Waals surface area (Å²) in [6.07, 6.45) is 1.51. The summed E-state index contributed by atoms with van der Waals surface area (Å²) in [6, 6.07) is 17.7. The zero-order chi connectivity index (χ0) is 12.5. The lowest BCUT2D eigenvalue weighted by molar-refractivity contribution is 0.565. The first-order valence-electron chi connectivity index (χ1n) is 5.38. The molecule has 2 nitrogen and oxygen atoms in total. The van der Waals surface area contributed by atoms with Gasteiger partial charge in [0.1, 0.15) is 0 Å². The van der Waals surface area contributed by atoms with Gasteiger partial charge in [-0.1, -0.05) is 42.5 Å². The van der Waals surface area contributed by atoms with Gasteiger partial charge < -0.3 is 0 Å². The maximum atomic E-state index is 9.91. The fraction of sp³-hybridized carbons (Fsp3) is 0.133. The van der Waals surface area contributed by atoms with E-state index in [-0.39, 0.29) is 0 Å². The van der Waals surface area contributed by atoms with Crippen LogP contribution in [0.1, 0.15) is 11.1 Å². The fourth-order valence-electron chi connectivity index (χ4n) is 1.45. The second-order valence-corrected chi connectivity index (χ2v) is 3.70. The third-order valence-electron chi connectivity index (χ3n) is 2.05. The number of isocyanates is 1. The Balaban J connectivity index is 0.000000202. The van der Waals surface area contributed by atoms with Crippen molar-refractivity contribution in [1.29, 1.82) is 0 Å². The number of benzene rings is 2. The molecule has 2 heteroatoms. The summed E-state index contributed by atoms with van der Waals surface area (Å²) in [4.78, 5) is 13.4. The number of aliphatic imine (C=N–C) groups is 1. The summed E-state index contributed by atoms with van der Waals surface area (Å²) in [7, 11) is 0. The van der Waals surface area contributed by atoms with Crippen LogP contribution in [0.15, 0.2) is 59.6 Å². The van der Waals surface area contributed by atoms with Crippen LogP contribution >= 0.6 is 0 Å². The largest absolute Gasteiger partial charge is 0.240 e. The third kappa shape index (κ3) is 5.45. The summed E-state index contributed by atoms with van der Waals surface area (Å²) in [6.45, 7) is 3.94. The Hall–Kier alpha value is -2.18. The molecular weight excluding hydrogens is 210 g/mol. The van der Waals surface area contributed by atoms with Crippen LogP contribution in [0.2, 0.25) is 0 Å². The molecule has 0 heterocycles. The van der Waals surface area contributed by atoms with Crippen LogP contribution < -0.4 is 0 Å². The predicted octanol–water partition coefficient (Wildman–Crippen LogP) is 3.96. The van der Waals surface area contributed by atoms with Crippen LogP contribution in [0.25, 0.3) is 0 Å². The number of rotatable bonds is 1. The number of hydrogen-bond acceptors (Lipinski definition) is 2. The summed E-state index contributed by atoms with van der Waals surface area (Å²) in [5.41, 5.74) is 2.90. The maximum absolute atomic E-state index is 9.91. The molecule has 2 rings (SSSR count). The topological polar surface area (TPSA) is 29.4 Å². The normalized spacial score (nSPS) is 8.59. The van der Waals surface area contributed by atoms with E-state index >= 15 is 0 Å². The van der Waals surface area contributed by atoms with Gasteiger partial charge in [0.15, 0.2) is 0 Å². The highest BCUT2D eigenvalue weighted by Crippen LogP contribution is 2.15. The maximum Gasteiger partial charge on any atom is 0.240 e. The Morgan fingerprint density at radius 1 is 0.824 bits per heavy atom. The molecule has 86 valence electrons. The third-order valence-corrected chi connectivity index (χ3v) is 2.05. The van der Waals surface area contributed by atoms with Gasteiger partial charge in [-0.3, -0.25) is 0 Å². The number of carbonyl (C=O) groups excluding carboxylic acids is 1. The molecule has 17 heavy (non-hydrogen) atoms. The minimum atomic E-state index is 0.678. The molecule has 0 unspecified atom stereocenters. The second-order valence-electron chi connectivity index (χ2n) is 3.70. The highest BCUT2D eigenvalue weighted by Gasteiger charge is 1.91. The molecule has 0 aliphatic rings. The number of nitrogens with zero attached hydrogens (tertiary/aromatic N) is 1. The first-order valence-corrected chi connectivity index (χ1v) is 5.38. The van der Waals surface area contributed by atoms with Gasteiger partial charge in [-0.2, -0.15) is 4.99 Å². The molecule has 0 aliphatic heterocycles. The van der Waals surface area contributed by atoms with Gasteiger partial charge in [-0.15, -0.1) is 0 Å². The molecule has 0 radical (unpaired) electrons. The Bertz CT molecular complexity index is 453. The molecule has 0 atom stereocenters. The fourth-order valence-corrected chi connectivity index (χ4v) is 1.45. The van der Waals surface area contributed by atoms with E-state index < -0.39 is 0 Å². The minimum absolute atomic E-state index is 0.678. The highest BCUT2D eigenvalue weighted by atomic mass is 16.1. The van der Waals surface area contributed by atoms with Gasteiger partial charge in [-0.05, 0) is 37.1 Å². The molecule has 0 bridgehead atoms. The Labute approximate surface area is 102 Å². The van der Waals surface area contributed by atoms with Crippen LogP contribution in [-0.4, -0.2) is 6.08 Å². The standard InChI is InChI=1S/C9H9NO.C6H6/c1-7-3-8(2)5-9(4-7)10-6-11;1-2-4-6-5-3-1/h3-5H,1-2H3;1-6H. The lowest BCUT2D eigenvalue weighted by atomic mass is 10.1. The molecule has 0 spiro atoms. The van der Waals surface area contributed by atoms with Crippen LogP contribution in [0.4, 0.5) is 5.69 Å². The second kappa shape index (κ2) is 7.15. The van der Waals surface area contributed by atoms with Gasteiger partial charge in [0.05, 0.1) is 5.69 Å². The monoisotopic (exact) mass is 225 g/mol. The van der Waals surface area contributed by atoms with Gasteiger partial charge in [0.25, 0.3) is 0 Å². The summed E-state index contributed by atoms with van der Waals surface area (Å²) in [5, 5.41) is 0. The van der Waals surface area contributed by atoms with E-state index in [1.54, 1.807) is 0 Å². The molecule has 0 fully saturated rings. The summed E-state index contributed by atoms with van der Waals surface area (Å²) in [5.74, 6) is 0. The first-order chi connectivity index (χ1) is 8.22. The molecule has 0 saturated heterocycles. The van der Waals surface area contributed by atoms with Crippen molar-refractivity contribution >= 4 is 11.8 Å². The molecule has 0 saturated carbocycles. The van der Waals surface area contributed by atoms with Crippen LogP contribution in [0, 0.1) is 13.8 Å². The first kappa shape index (κ1) is 12.9.